The number of amides is 2. The number of nitrogens with zero attached hydrogens (tertiary/aromatic N) is 1. The predicted octanol–water partition coefficient (Wildman–Crippen LogP) is 3.60. The maximum atomic E-state index is 12.6. The molecule has 1 aliphatic rings. The molecule has 0 spiro atoms. The van der Waals surface area contributed by atoms with E-state index in [1.54, 1.807) is 12.0 Å². The van der Waals surface area contributed by atoms with Gasteiger partial charge in [-0.3, -0.25) is 9.59 Å². The third-order valence-corrected chi connectivity index (χ3v) is 5.00. The molecule has 130 valence electrons. The topological polar surface area (TPSA) is 58.6 Å². The summed E-state index contributed by atoms with van der Waals surface area (Å²) in [6, 6.07) is 13.1. The Morgan fingerprint density at radius 2 is 1.96 bits per heavy atom. The Kier molecular flexibility index (Phi) is 5.27. The second kappa shape index (κ2) is 7.43. The van der Waals surface area contributed by atoms with Crippen LogP contribution in [0.2, 0.25) is 0 Å². The van der Waals surface area contributed by atoms with Gasteiger partial charge in [-0.25, -0.2) is 0 Å². The highest BCUT2D eigenvalue weighted by Crippen LogP contribution is 2.28. The van der Waals surface area contributed by atoms with Crippen molar-refractivity contribution in [1.82, 2.24) is 0 Å². The Labute approximate surface area is 160 Å². The summed E-state index contributed by atoms with van der Waals surface area (Å²) in [6.07, 6.45) is 0.223. The first-order valence-electron chi connectivity index (χ1n) is 7.99. The van der Waals surface area contributed by atoms with Crippen LogP contribution in [0.3, 0.4) is 0 Å². The molecule has 0 bridgehead atoms. The number of carbonyl (C=O) groups is 2. The van der Waals surface area contributed by atoms with Crippen molar-refractivity contribution >= 4 is 45.8 Å². The highest BCUT2D eigenvalue weighted by atomic mass is 127. The lowest BCUT2D eigenvalue weighted by molar-refractivity contribution is -0.122. The van der Waals surface area contributed by atoms with Gasteiger partial charge in [-0.1, -0.05) is 0 Å². The maximum absolute atomic E-state index is 12.6. The van der Waals surface area contributed by atoms with E-state index in [1.807, 2.05) is 49.4 Å². The second-order valence-electron chi connectivity index (χ2n) is 6.05. The monoisotopic (exact) mass is 450 g/mol. The van der Waals surface area contributed by atoms with Gasteiger partial charge in [0.1, 0.15) is 5.75 Å². The summed E-state index contributed by atoms with van der Waals surface area (Å²) in [4.78, 5) is 26.5. The fourth-order valence-electron chi connectivity index (χ4n) is 2.90. The summed E-state index contributed by atoms with van der Waals surface area (Å²) in [5.74, 6) is 0.227. The van der Waals surface area contributed by atoms with Gasteiger partial charge in [0, 0.05) is 27.9 Å². The minimum Gasteiger partial charge on any atom is -0.497 e. The van der Waals surface area contributed by atoms with E-state index >= 15 is 0 Å². The zero-order valence-electron chi connectivity index (χ0n) is 14.1. The van der Waals surface area contributed by atoms with Crippen LogP contribution in [0.1, 0.15) is 12.0 Å². The minimum absolute atomic E-state index is 0.0374. The number of hydrogen-bond donors (Lipinski definition) is 1. The van der Waals surface area contributed by atoms with Crippen LogP contribution in [0.4, 0.5) is 11.4 Å². The van der Waals surface area contributed by atoms with E-state index < -0.39 is 0 Å². The molecule has 1 atom stereocenters. The van der Waals surface area contributed by atoms with Crippen molar-refractivity contribution in [2.24, 2.45) is 5.92 Å². The third-order valence-electron chi connectivity index (χ3n) is 4.33. The van der Waals surface area contributed by atoms with Gasteiger partial charge in [0.05, 0.1) is 13.0 Å². The SMILES string of the molecule is COc1ccc(N2CC(C(=O)Nc3ccc(I)cc3C)CC2=O)cc1. The molecule has 3 rings (SSSR count). The summed E-state index contributed by atoms with van der Waals surface area (Å²) in [6.45, 7) is 2.35. The number of rotatable bonds is 4. The van der Waals surface area contributed by atoms with Crippen LogP contribution in [0.5, 0.6) is 5.75 Å². The van der Waals surface area contributed by atoms with Crippen molar-refractivity contribution in [3.63, 3.8) is 0 Å². The highest BCUT2D eigenvalue weighted by Gasteiger charge is 2.35. The third kappa shape index (κ3) is 3.95. The van der Waals surface area contributed by atoms with E-state index in [4.69, 9.17) is 4.74 Å². The molecule has 2 aromatic carbocycles. The summed E-state index contributed by atoms with van der Waals surface area (Å²) < 4.78 is 6.26. The summed E-state index contributed by atoms with van der Waals surface area (Å²) >= 11 is 2.24. The Hall–Kier alpha value is -2.09. The lowest BCUT2D eigenvalue weighted by atomic mass is 10.1. The Morgan fingerprint density at radius 1 is 1.24 bits per heavy atom. The number of methoxy groups -OCH3 is 1. The van der Waals surface area contributed by atoms with Gasteiger partial charge >= 0.3 is 0 Å². The molecular formula is C19H19IN2O3. The molecule has 6 heteroatoms. The van der Waals surface area contributed by atoms with Gasteiger partial charge in [0.2, 0.25) is 11.8 Å². The van der Waals surface area contributed by atoms with E-state index in [0.717, 1.165) is 26.3 Å². The quantitative estimate of drug-likeness (QED) is 0.725. The highest BCUT2D eigenvalue weighted by molar-refractivity contribution is 14.1. The number of aryl methyl sites for hydroxylation is 1. The van der Waals surface area contributed by atoms with Crippen LogP contribution < -0.4 is 15.0 Å². The van der Waals surface area contributed by atoms with Gasteiger partial charge in [-0.15, -0.1) is 0 Å². The molecule has 2 aromatic rings. The van der Waals surface area contributed by atoms with Crippen LogP contribution in [-0.2, 0) is 9.59 Å². The number of carbonyl (C=O) groups excluding carboxylic acids is 2. The molecular weight excluding hydrogens is 431 g/mol. The molecule has 1 fully saturated rings. The Balaban J connectivity index is 1.69. The largest absolute Gasteiger partial charge is 0.497 e. The van der Waals surface area contributed by atoms with Crippen molar-refractivity contribution in [2.45, 2.75) is 13.3 Å². The minimum atomic E-state index is -0.353. The van der Waals surface area contributed by atoms with E-state index in [9.17, 15) is 9.59 Å². The number of nitrogens with one attached hydrogen (secondary N) is 1. The second-order valence-corrected chi connectivity index (χ2v) is 7.30. The molecule has 0 radical (unpaired) electrons. The molecule has 1 saturated heterocycles. The van der Waals surface area contributed by atoms with E-state index in [0.29, 0.717) is 6.54 Å². The average Bonchev–Trinajstić information content (AvgIpc) is 2.99. The van der Waals surface area contributed by atoms with Crippen molar-refractivity contribution < 1.29 is 14.3 Å². The van der Waals surface area contributed by atoms with Crippen molar-refractivity contribution in [3.8, 4) is 5.75 Å². The molecule has 1 aliphatic heterocycles. The zero-order valence-corrected chi connectivity index (χ0v) is 16.2. The van der Waals surface area contributed by atoms with Crippen LogP contribution in [0.25, 0.3) is 0 Å². The van der Waals surface area contributed by atoms with E-state index in [-0.39, 0.29) is 24.2 Å². The molecule has 5 nitrogen and oxygen atoms in total. The van der Waals surface area contributed by atoms with Crippen LogP contribution in [0, 0.1) is 16.4 Å². The maximum Gasteiger partial charge on any atom is 0.229 e. The Bertz CT molecular complexity index is 805. The smallest absolute Gasteiger partial charge is 0.229 e. The van der Waals surface area contributed by atoms with Gasteiger partial charge in [-0.05, 0) is 77.5 Å². The summed E-state index contributed by atoms with van der Waals surface area (Å²) in [5.41, 5.74) is 2.59. The fourth-order valence-corrected chi connectivity index (χ4v) is 3.54. The first-order chi connectivity index (χ1) is 12.0. The first-order valence-corrected chi connectivity index (χ1v) is 9.07. The number of anilines is 2. The molecule has 0 aromatic heterocycles. The van der Waals surface area contributed by atoms with Crippen LogP contribution >= 0.6 is 22.6 Å². The Morgan fingerprint density at radius 3 is 2.60 bits per heavy atom. The molecule has 25 heavy (non-hydrogen) atoms. The molecule has 1 unspecified atom stereocenters. The van der Waals surface area contributed by atoms with E-state index in [2.05, 4.69) is 27.9 Å². The standard InChI is InChI=1S/C19H19IN2O3/c1-12-9-14(20)3-8-17(12)21-19(24)13-10-18(23)22(11-13)15-4-6-16(25-2)7-5-15/h3-9,13H,10-11H2,1-2H3,(H,21,24). The molecule has 2 amide bonds. The van der Waals surface area contributed by atoms with Gasteiger partial charge < -0.3 is 15.0 Å². The normalized spacial score (nSPS) is 16.8. The van der Waals surface area contributed by atoms with Crippen LogP contribution in [0.15, 0.2) is 42.5 Å². The van der Waals surface area contributed by atoms with Gasteiger partial charge in [-0.2, -0.15) is 0 Å². The van der Waals surface area contributed by atoms with Gasteiger partial charge in [0.15, 0.2) is 0 Å². The summed E-state index contributed by atoms with van der Waals surface area (Å²) in [7, 11) is 1.60. The molecule has 1 N–H and O–H groups in total. The molecule has 1 heterocycles. The van der Waals surface area contributed by atoms with E-state index in [1.165, 1.54) is 0 Å². The number of ether oxygens (including phenoxy) is 1. The van der Waals surface area contributed by atoms with Crippen molar-refractivity contribution in [3.05, 3.63) is 51.6 Å². The number of hydrogen-bond acceptors (Lipinski definition) is 3. The number of halogens is 1. The molecule has 0 aliphatic carbocycles. The van der Waals surface area contributed by atoms with Crippen molar-refractivity contribution in [2.75, 3.05) is 23.9 Å². The number of benzene rings is 2. The van der Waals surface area contributed by atoms with Crippen molar-refractivity contribution in [1.29, 1.82) is 0 Å². The predicted molar refractivity (Wildman–Crippen MR) is 106 cm³/mol. The lowest BCUT2D eigenvalue weighted by Crippen LogP contribution is -2.28. The first kappa shape index (κ1) is 17.7. The summed E-state index contributed by atoms with van der Waals surface area (Å²) in [5, 5.41) is 2.95. The average molecular weight is 450 g/mol. The van der Waals surface area contributed by atoms with Gasteiger partial charge in [0.25, 0.3) is 0 Å². The zero-order chi connectivity index (χ0) is 18.0. The van der Waals surface area contributed by atoms with Crippen LogP contribution in [-0.4, -0.2) is 25.5 Å². The molecule has 0 saturated carbocycles. The fraction of sp³-hybridized carbons (Fsp3) is 0.263. The lowest BCUT2D eigenvalue weighted by Gasteiger charge is -2.17.